The molecule has 1 unspecified atom stereocenters. The van der Waals surface area contributed by atoms with Crippen LogP contribution in [0.3, 0.4) is 0 Å². The van der Waals surface area contributed by atoms with Gasteiger partial charge >= 0.3 is 0 Å². The third-order valence-corrected chi connectivity index (χ3v) is 2.63. The summed E-state index contributed by atoms with van der Waals surface area (Å²) in [5.74, 6) is 1.01. The summed E-state index contributed by atoms with van der Waals surface area (Å²) in [5.41, 5.74) is 6.73. The van der Waals surface area contributed by atoms with Crippen molar-refractivity contribution in [1.29, 1.82) is 5.26 Å². The van der Waals surface area contributed by atoms with E-state index in [0.29, 0.717) is 6.42 Å². The molecule has 0 aromatic carbocycles. The number of hydrogen-bond acceptors (Lipinski definition) is 4. The Morgan fingerprint density at radius 2 is 2.43 bits per heavy atom. The monoisotopic (exact) mass is 207 g/mol. The zero-order valence-corrected chi connectivity index (χ0v) is 8.92. The van der Waals surface area contributed by atoms with Crippen LogP contribution in [0.4, 0.5) is 0 Å². The maximum Gasteiger partial charge on any atom is 0.0641 e. The normalized spacial score (nSPS) is 12.1. The molecule has 0 bridgehead atoms. The number of nitriles is 1. The second-order valence-corrected chi connectivity index (χ2v) is 4.19. The fourth-order valence-corrected chi connectivity index (χ4v) is 1.79. The van der Waals surface area contributed by atoms with E-state index in [-0.39, 0.29) is 6.04 Å². The van der Waals surface area contributed by atoms with Gasteiger partial charge in [0.25, 0.3) is 0 Å². The Hall–Kier alpha value is -1.05. The van der Waals surface area contributed by atoms with Gasteiger partial charge in [-0.3, -0.25) is 4.98 Å². The largest absolute Gasteiger partial charge is 0.323 e. The standard InChI is InChI=1S/C10H13N3S/c1-2-14-9-5-8(6-13-7-9)10(12)3-4-11/h5-7,10H,2-3,12H2,1H3. The van der Waals surface area contributed by atoms with Crippen LogP contribution in [0.1, 0.15) is 24.9 Å². The fourth-order valence-electron chi connectivity index (χ4n) is 1.10. The first-order valence-corrected chi connectivity index (χ1v) is 5.46. The van der Waals surface area contributed by atoms with Gasteiger partial charge in [-0.1, -0.05) is 6.92 Å². The van der Waals surface area contributed by atoms with Gasteiger partial charge in [0.15, 0.2) is 0 Å². The third-order valence-electron chi connectivity index (χ3n) is 1.78. The van der Waals surface area contributed by atoms with Crippen molar-refractivity contribution in [3.05, 3.63) is 24.0 Å². The van der Waals surface area contributed by atoms with Crippen LogP contribution < -0.4 is 5.73 Å². The molecule has 0 aliphatic carbocycles. The van der Waals surface area contributed by atoms with Crippen LogP contribution in [0, 0.1) is 11.3 Å². The summed E-state index contributed by atoms with van der Waals surface area (Å²) >= 11 is 1.72. The van der Waals surface area contributed by atoms with Crippen molar-refractivity contribution in [3.63, 3.8) is 0 Å². The number of hydrogen-bond donors (Lipinski definition) is 1. The van der Waals surface area contributed by atoms with Crippen LogP contribution in [0.15, 0.2) is 23.4 Å². The van der Waals surface area contributed by atoms with Crippen molar-refractivity contribution in [3.8, 4) is 6.07 Å². The van der Waals surface area contributed by atoms with Gasteiger partial charge in [-0.25, -0.2) is 0 Å². The van der Waals surface area contributed by atoms with E-state index in [1.807, 2.05) is 12.3 Å². The molecular weight excluding hydrogens is 194 g/mol. The summed E-state index contributed by atoms with van der Waals surface area (Å²) in [4.78, 5) is 5.21. The van der Waals surface area contributed by atoms with E-state index in [1.54, 1.807) is 18.0 Å². The molecule has 2 N–H and O–H groups in total. The van der Waals surface area contributed by atoms with E-state index >= 15 is 0 Å². The van der Waals surface area contributed by atoms with E-state index in [0.717, 1.165) is 16.2 Å². The summed E-state index contributed by atoms with van der Waals surface area (Å²) < 4.78 is 0. The number of aromatic nitrogens is 1. The zero-order valence-electron chi connectivity index (χ0n) is 8.10. The molecule has 74 valence electrons. The average molecular weight is 207 g/mol. The molecule has 1 rings (SSSR count). The lowest BCUT2D eigenvalue weighted by Crippen LogP contribution is -2.09. The molecule has 0 amide bonds. The Morgan fingerprint density at radius 1 is 1.64 bits per heavy atom. The van der Waals surface area contributed by atoms with E-state index in [1.165, 1.54) is 0 Å². The predicted molar refractivity (Wildman–Crippen MR) is 57.8 cm³/mol. The second kappa shape index (κ2) is 5.63. The zero-order chi connectivity index (χ0) is 10.4. The van der Waals surface area contributed by atoms with Crippen molar-refractivity contribution in [2.75, 3.05) is 5.75 Å². The van der Waals surface area contributed by atoms with Gasteiger partial charge in [-0.2, -0.15) is 5.26 Å². The average Bonchev–Trinajstić information content (AvgIpc) is 2.19. The Bertz CT molecular complexity index is 332. The molecule has 0 saturated carbocycles. The molecule has 0 aliphatic heterocycles. The minimum atomic E-state index is -0.218. The van der Waals surface area contributed by atoms with Gasteiger partial charge in [-0.15, -0.1) is 11.8 Å². The number of nitrogens with two attached hydrogens (primary N) is 1. The number of nitrogens with zero attached hydrogens (tertiary/aromatic N) is 2. The Balaban J connectivity index is 2.78. The van der Waals surface area contributed by atoms with E-state index in [4.69, 9.17) is 11.0 Å². The minimum Gasteiger partial charge on any atom is -0.323 e. The van der Waals surface area contributed by atoms with Crippen LogP contribution >= 0.6 is 11.8 Å². The van der Waals surface area contributed by atoms with Crippen LogP contribution in [0.5, 0.6) is 0 Å². The first-order valence-electron chi connectivity index (χ1n) is 4.48. The van der Waals surface area contributed by atoms with Crippen molar-refractivity contribution in [2.24, 2.45) is 5.73 Å². The highest BCUT2D eigenvalue weighted by atomic mass is 32.2. The molecule has 1 atom stereocenters. The van der Waals surface area contributed by atoms with E-state index in [9.17, 15) is 0 Å². The Labute approximate surface area is 88.3 Å². The highest BCUT2D eigenvalue weighted by Gasteiger charge is 2.06. The lowest BCUT2D eigenvalue weighted by Gasteiger charge is -2.08. The highest BCUT2D eigenvalue weighted by molar-refractivity contribution is 7.99. The molecule has 0 fully saturated rings. The topological polar surface area (TPSA) is 62.7 Å². The van der Waals surface area contributed by atoms with E-state index < -0.39 is 0 Å². The molecular formula is C10H13N3S. The molecule has 0 radical (unpaired) electrons. The lowest BCUT2D eigenvalue weighted by atomic mass is 10.1. The number of pyridine rings is 1. The van der Waals surface area contributed by atoms with Gasteiger partial charge in [0.2, 0.25) is 0 Å². The van der Waals surface area contributed by atoms with Gasteiger partial charge in [0, 0.05) is 23.3 Å². The predicted octanol–water partition coefficient (Wildman–Crippen LogP) is 2.11. The molecule has 1 aromatic rings. The first-order chi connectivity index (χ1) is 6.77. The third kappa shape index (κ3) is 3.02. The van der Waals surface area contributed by atoms with Crippen molar-refractivity contribution in [2.45, 2.75) is 24.3 Å². The molecule has 1 aromatic heterocycles. The highest BCUT2D eigenvalue weighted by Crippen LogP contribution is 2.20. The maximum atomic E-state index is 8.52. The van der Waals surface area contributed by atoms with Crippen LogP contribution in [0.2, 0.25) is 0 Å². The molecule has 1 heterocycles. The summed E-state index contributed by atoms with van der Waals surface area (Å²) in [5, 5.41) is 8.52. The van der Waals surface area contributed by atoms with Crippen molar-refractivity contribution in [1.82, 2.24) is 4.98 Å². The summed E-state index contributed by atoms with van der Waals surface area (Å²) in [6.07, 6.45) is 3.88. The smallest absolute Gasteiger partial charge is 0.0641 e. The van der Waals surface area contributed by atoms with Gasteiger partial charge in [0.05, 0.1) is 12.5 Å². The molecule has 4 heteroatoms. The first kappa shape index (κ1) is 11.0. The van der Waals surface area contributed by atoms with Crippen molar-refractivity contribution >= 4 is 11.8 Å². The summed E-state index contributed by atoms with van der Waals surface area (Å²) in [6.45, 7) is 2.09. The summed E-state index contributed by atoms with van der Waals surface area (Å²) in [7, 11) is 0. The number of thioether (sulfide) groups is 1. The van der Waals surface area contributed by atoms with Crippen LogP contribution in [-0.2, 0) is 0 Å². The molecule has 3 nitrogen and oxygen atoms in total. The van der Waals surface area contributed by atoms with Gasteiger partial charge in [-0.05, 0) is 17.4 Å². The lowest BCUT2D eigenvalue weighted by molar-refractivity contribution is 0.740. The van der Waals surface area contributed by atoms with Gasteiger partial charge in [0.1, 0.15) is 0 Å². The fraction of sp³-hybridized carbons (Fsp3) is 0.400. The quantitative estimate of drug-likeness (QED) is 0.768. The maximum absolute atomic E-state index is 8.52. The molecule has 0 saturated heterocycles. The Morgan fingerprint density at radius 3 is 3.07 bits per heavy atom. The number of rotatable bonds is 4. The molecule has 0 aliphatic rings. The van der Waals surface area contributed by atoms with Crippen LogP contribution in [-0.4, -0.2) is 10.7 Å². The molecule has 0 spiro atoms. The summed E-state index contributed by atoms with van der Waals surface area (Å²) in [6, 6.07) is 3.84. The minimum absolute atomic E-state index is 0.218. The Kier molecular flexibility index (Phi) is 4.44. The SMILES string of the molecule is CCSc1cncc(C(N)CC#N)c1. The van der Waals surface area contributed by atoms with Crippen molar-refractivity contribution < 1.29 is 0 Å². The van der Waals surface area contributed by atoms with E-state index in [2.05, 4.69) is 18.0 Å². The second-order valence-electron chi connectivity index (χ2n) is 2.86. The molecule has 14 heavy (non-hydrogen) atoms. The van der Waals surface area contributed by atoms with Crippen LogP contribution in [0.25, 0.3) is 0 Å². The van der Waals surface area contributed by atoms with Gasteiger partial charge < -0.3 is 5.73 Å².